The molecule has 7 nitrogen and oxygen atoms in total. The monoisotopic (exact) mass is 558 g/mol. The average Bonchev–Trinajstić information content (AvgIpc) is 2.78. The molecular formula is C22H29F2IN6O. The zero-order valence-corrected chi connectivity index (χ0v) is 20.3. The summed E-state index contributed by atoms with van der Waals surface area (Å²) in [5.74, 6) is -0.185. The van der Waals surface area contributed by atoms with Crippen LogP contribution in [0.25, 0.3) is 0 Å². The Labute approximate surface area is 203 Å². The fourth-order valence-corrected chi connectivity index (χ4v) is 3.60. The van der Waals surface area contributed by atoms with E-state index in [9.17, 15) is 13.6 Å². The number of rotatable bonds is 7. The van der Waals surface area contributed by atoms with Gasteiger partial charge in [-0.05, 0) is 44.0 Å². The highest BCUT2D eigenvalue weighted by molar-refractivity contribution is 14.0. The molecule has 174 valence electrons. The molecule has 1 aromatic carbocycles. The third-order valence-corrected chi connectivity index (χ3v) is 5.20. The number of benzene rings is 1. The minimum absolute atomic E-state index is 0. The second kappa shape index (κ2) is 12.5. The van der Waals surface area contributed by atoms with Crippen molar-refractivity contribution in [2.45, 2.75) is 32.9 Å². The number of piperidine rings is 1. The van der Waals surface area contributed by atoms with Gasteiger partial charge < -0.3 is 21.3 Å². The fourth-order valence-electron chi connectivity index (χ4n) is 3.60. The molecule has 1 amide bonds. The Morgan fingerprint density at radius 3 is 2.84 bits per heavy atom. The number of guanidine groups is 1. The molecule has 0 saturated carbocycles. The molecule has 1 aromatic heterocycles. The molecule has 0 bridgehead atoms. The van der Waals surface area contributed by atoms with Gasteiger partial charge in [0.1, 0.15) is 17.5 Å². The Bertz CT molecular complexity index is 942. The summed E-state index contributed by atoms with van der Waals surface area (Å²) in [6.45, 7) is 4.33. The van der Waals surface area contributed by atoms with Gasteiger partial charge in [-0.25, -0.2) is 18.8 Å². The van der Waals surface area contributed by atoms with Gasteiger partial charge in [0, 0.05) is 43.5 Å². The van der Waals surface area contributed by atoms with Gasteiger partial charge in [0.05, 0.1) is 12.5 Å². The van der Waals surface area contributed by atoms with Gasteiger partial charge in [0.2, 0.25) is 5.91 Å². The summed E-state index contributed by atoms with van der Waals surface area (Å²) < 4.78 is 27.3. The molecule has 3 rings (SSSR count). The van der Waals surface area contributed by atoms with Crippen LogP contribution in [0.4, 0.5) is 14.6 Å². The number of carbonyl (C=O) groups is 1. The van der Waals surface area contributed by atoms with Gasteiger partial charge in [-0.15, -0.1) is 24.0 Å². The van der Waals surface area contributed by atoms with E-state index in [2.05, 4.69) is 25.5 Å². The number of primary amides is 1. The quantitative estimate of drug-likeness (QED) is 0.276. The summed E-state index contributed by atoms with van der Waals surface area (Å²) >= 11 is 0. The second-order valence-electron chi connectivity index (χ2n) is 7.46. The number of carbonyl (C=O) groups excluding carboxylic acids is 1. The van der Waals surface area contributed by atoms with Gasteiger partial charge in [0.15, 0.2) is 5.96 Å². The number of pyridine rings is 1. The van der Waals surface area contributed by atoms with Crippen molar-refractivity contribution in [3.63, 3.8) is 0 Å². The summed E-state index contributed by atoms with van der Waals surface area (Å²) in [6, 6.07) is 7.13. The van der Waals surface area contributed by atoms with Crippen molar-refractivity contribution in [2.75, 3.05) is 24.5 Å². The van der Waals surface area contributed by atoms with Crippen molar-refractivity contribution >= 4 is 41.7 Å². The van der Waals surface area contributed by atoms with Crippen LogP contribution in [-0.4, -0.2) is 36.5 Å². The molecule has 1 atom stereocenters. The predicted molar refractivity (Wildman–Crippen MR) is 132 cm³/mol. The number of nitrogens with two attached hydrogens (primary N) is 1. The summed E-state index contributed by atoms with van der Waals surface area (Å²) in [5.41, 5.74) is 6.63. The first kappa shape index (κ1) is 25.8. The molecular weight excluding hydrogens is 529 g/mol. The van der Waals surface area contributed by atoms with E-state index in [1.54, 1.807) is 6.20 Å². The van der Waals surface area contributed by atoms with Crippen molar-refractivity contribution in [2.24, 2.45) is 16.6 Å². The maximum absolute atomic E-state index is 13.9. The van der Waals surface area contributed by atoms with Crippen LogP contribution < -0.4 is 21.3 Å². The molecule has 1 aliphatic heterocycles. The Hall–Kier alpha value is -2.50. The lowest BCUT2D eigenvalue weighted by molar-refractivity contribution is -0.122. The number of amides is 1. The highest BCUT2D eigenvalue weighted by Gasteiger charge is 2.26. The van der Waals surface area contributed by atoms with E-state index < -0.39 is 11.6 Å². The molecule has 0 radical (unpaired) electrons. The van der Waals surface area contributed by atoms with Crippen LogP contribution in [0.3, 0.4) is 0 Å². The number of aromatic nitrogens is 1. The first-order chi connectivity index (χ1) is 15.0. The second-order valence-corrected chi connectivity index (χ2v) is 7.46. The van der Waals surface area contributed by atoms with E-state index in [0.717, 1.165) is 49.0 Å². The highest BCUT2D eigenvalue weighted by Crippen LogP contribution is 2.24. The number of halogens is 3. The minimum Gasteiger partial charge on any atom is -0.369 e. The maximum Gasteiger partial charge on any atom is 0.222 e. The molecule has 1 saturated heterocycles. The number of aliphatic imine (C=N–C) groups is 1. The Morgan fingerprint density at radius 2 is 2.09 bits per heavy atom. The lowest BCUT2D eigenvalue weighted by atomic mass is 9.97. The van der Waals surface area contributed by atoms with Gasteiger partial charge in [-0.2, -0.15) is 0 Å². The molecule has 2 aromatic rings. The van der Waals surface area contributed by atoms with Crippen LogP contribution in [0.1, 0.15) is 30.9 Å². The van der Waals surface area contributed by atoms with Crippen LogP contribution in [0.5, 0.6) is 0 Å². The van der Waals surface area contributed by atoms with Crippen molar-refractivity contribution < 1.29 is 13.6 Å². The summed E-state index contributed by atoms with van der Waals surface area (Å²) in [6.07, 6.45) is 3.39. The average molecular weight is 558 g/mol. The topological polar surface area (TPSA) is 95.6 Å². The van der Waals surface area contributed by atoms with E-state index in [4.69, 9.17) is 5.73 Å². The van der Waals surface area contributed by atoms with Crippen molar-refractivity contribution in [3.8, 4) is 0 Å². The van der Waals surface area contributed by atoms with E-state index in [-0.39, 0.29) is 47.9 Å². The molecule has 2 heterocycles. The van der Waals surface area contributed by atoms with Crippen LogP contribution in [0, 0.1) is 17.6 Å². The SMILES string of the molecule is CCNC(=NCc1cc(F)ccc1F)NCc1cccnc1N1CCCC(C(N)=O)C1.I. The predicted octanol–water partition coefficient (Wildman–Crippen LogP) is 2.93. The van der Waals surface area contributed by atoms with E-state index in [1.807, 2.05) is 19.1 Å². The lowest BCUT2D eigenvalue weighted by Crippen LogP contribution is -2.42. The van der Waals surface area contributed by atoms with Crippen LogP contribution in [0.2, 0.25) is 0 Å². The van der Waals surface area contributed by atoms with Gasteiger partial charge in [-0.3, -0.25) is 4.79 Å². The lowest BCUT2D eigenvalue weighted by Gasteiger charge is -2.33. The third kappa shape index (κ3) is 7.01. The Kier molecular flexibility index (Phi) is 10.1. The molecule has 0 spiro atoms. The summed E-state index contributed by atoms with van der Waals surface area (Å²) in [5, 5.41) is 6.32. The van der Waals surface area contributed by atoms with Gasteiger partial charge >= 0.3 is 0 Å². The zero-order chi connectivity index (χ0) is 22.2. The van der Waals surface area contributed by atoms with Crippen molar-refractivity contribution in [1.29, 1.82) is 0 Å². The van der Waals surface area contributed by atoms with Crippen LogP contribution in [0.15, 0.2) is 41.5 Å². The molecule has 4 N–H and O–H groups in total. The van der Waals surface area contributed by atoms with E-state index in [1.165, 1.54) is 0 Å². The molecule has 1 fully saturated rings. The van der Waals surface area contributed by atoms with Crippen molar-refractivity contribution in [3.05, 3.63) is 59.3 Å². The molecule has 1 unspecified atom stereocenters. The molecule has 10 heteroatoms. The number of hydrogen-bond donors (Lipinski definition) is 3. The Morgan fingerprint density at radius 1 is 1.28 bits per heavy atom. The van der Waals surface area contributed by atoms with Crippen molar-refractivity contribution in [1.82, 2.24) is 15.6 Å². The first-order valence-corrected chi connectivity index (χ1v) is 10.4. The number of hydrogen-bond acceptors (Lipinski definition) is 4. The maximum atomic E-state index is 13.9. The summed E-state index contributed by atoms with van der Waals surface area (Å²) in [7, 11) is 0. The largest absolute Gasteiger partial charge is 0.369 e. The Balaban J connectivity index is 0.00000363. The number of nitrogens with zero attached hydrogens (tertiary/aromatic N) is 3. The standard InChI is InChI=1S/C22H28F2N6O.HI/c1-2-26-22(29-13-17-11-18(23)7-8-19(17)24)28-12-15-5-3-9-27-21(15)30-10-4-6-16(14-30)20(25)31;/h3,5,7-9,11,16H,2,4,6,10,12-14H2,1H3,(H2,25,31)(H2,26,28,29);1H. The number of nitrogens with one attached hydrogen (secondary N) is 2. The fraction of sp³-hybridized carbons (Fsp3) is 0.409. The normalized spacial score (nSPS) is 16.3. The van der Waals surface area contributed by atoms with Gasteiger partial charge in [-0.1, -0.05) is 6.07 Å². The molecule has 1 aliphatic rings. The van der Waals surface area contributed by atoms with Crippen LogP contribution in [-0.2, 0) is 17.9 Å². The van der Waals surface area contributed by atoms with Gasteiger partial charge in [0.25, 0.3) is 0 Å². The molecule has 32 heavy (non-hydrogen) atoms. The van der Waals surface area contributed by atoms with Crippen LogP contribution >= 0.6 is 24.0 Å². The zero-order valence-electron chi connectivity index (χ0n) is 18.0. The summed E-state index contributed by atoms with van der Waals surface area (Å²) in [4.78, 5) is 22.6. The first-order valence-electron chi connectivity index (χ1n) is 10.4. The van der Waals surface area contributed by atoms with E-state index >= 15 is 0 Å². The molecule has 0 aliphatic carbocycles. The number of anilines is 1. The smallest absolute Gasteiger partial charge is 0.222 e. The third-order valence-electron chi connectivity index (χ3n) is 5.20. The minimum atomic E-state index is -0.500. The highest BCUT2D eigenvalue weighted by atomic mass is 127. The van der Waals surface area contributed by atoms with E-state index in [0.29, 0.717) is 25.6 Å².